The van der Waals surface area contributed by atoms with E-state index in [1.165, 1.54) is 0 Å². The number of imidazole rings is 1. The van der Waals surface area contributed by atoms with E-state index in [-0.39, 0.29) is 0 Å². The van der Waals surface area contributed by atoms with Gasteiger partial charge in [0.05, 0.1) is 19.1 Å². The van der Waals surface area contributed by atoms with Crippen molar-refractivity contribution in [3.8, 4) is 11.4 Å². The van der Waals surface area contributed by atoms with Gasteiger partial charge in [0.15, 0.2) is 0 Å². The van der Waals surface area contributed by atoms with E-state index in [0.29, 0.717) is 11.4 Å². The molecule has 2 rings (SSSR count). The van der Waals surface area contributed by atoms with Crippen molar-refractivity contribution in [2.45, 2.75) is 0 Å². The summed E-state index contributed by atoms with van der Waals surface area (Å²) in [5, 5.41) is 0. The summed E-state index contributed by atoms with van der Waals surface area (Å²) in [5.41, 5.74) is 7.38. The molecule has 14 heavy (non-hydrogen) atoms. The highest BCUT2D eigenvalue weighted by Crippen LogP contribution is 2.23. The Hall–Kier alpha value is -1.97. The van der Waals surface area contributed by atoms with Crippen LogP contribution in [0, 0.1) is 0 Å². The van der Waals surface area contributed by atoms with E-state index in [2.05, 4.69) is 4.98 Å². The Morgan fingerprint density at radius 3 is 2.86 bits per heavy atom. The molecule has 0 unspecified atom stereocenters. The van der Waals surface area contributed by atoms with Gasteiger partial charge in [-0.1, -0.05) is 0 Å². The van der Waals surface area contributed by atoms with Gasteiger partial charge in [-0.2, -0.15) is 0 Å². The molecule has 0 fully saturated rings. The fourth-order valence-corrected chi connectivity index (χ4v) is 1.29. The molecule has 4 heteroatoms. The zero-order valence-corrected chi connectivity index (χ0v) is 7.84. The van der Waals surface area contributed by atoms with Crippen LogP contribution in [0.25, 0.3) is 5.69 Å². The van der Waals surface area contributed by atoms with Crippen molar-refractivity contribution in [3.63, 3.8) is 0 Å². The summed E-state index contributed by atoms with van der Waals surface area (Å²) in [6, 6.07) is 5.61. The maximum atomic E-state index is 5.78. The highest BCUT2D eigenvalue weighted by molar-refractivity contribution is 5.58. The third kappa shape index (κ3) is 1.42. The van der Waals surface area contributed by atoms with Crippen LogP contribution < -0.4 is 10.5 Å². The fourth-order valence-electron chi connectivity index (χ4n) is 1.29. The first kappa shape index (κ1) is 8.62. The summed E-state index contributed by atoms with van der Waals surface area (Å²) in [6.07, 6.45) is 5.31. The number of ether oxygens (including phenoxy) is 1. The molecule has 0 aliphatic rings. The number of methoxy groups -OCH3 is 1. The normalized spacial score (nSPS) is 10.1. The van der Waals surface area contributed by atoms with Gasteiger partial charge in [0.2, 0.25) is 0 Å². The lowest BCUT2D eigenvalue weighted by Gasteiger charge is -2.07. The minimum absolute atomic E-state index is 0.624. The summed E-state index contributed by atoms with van der Waals surface area (Å²) in [6.45, 7) is 0. The van der Waals surface area contributed by atoms with Crippen molar-refractivity contribution in [1.82, 2.24) is 9.55 Å². The summed E-state index contributed by atoms with van der Waals surface area (Å²) >= 11 is 0. The molecule has 0 bridgehead atoms. The molecule has 0 radical (unpaired) electrons. The highest BCUT2D eigenvalue weighted by atomic mass is 16.5. The van der Waals surface area contributed by atoms with Crippen LogP contribution in [-0.2, 0) is 0 Å². The molecule has 0 aliphatic carbocycles. The van der Waals surface area contributed by atoms with E-state index in [1.54, 1.807) is 19.6 Å². The van der Waals surface area contributed by atoms with Gasteiger partial charge in [-0.3, -0.25) is 0 Å². The Kier molecular flexibility index (Phi) is 2.10. The average molecular weight is 189 g/mol. The second-order valence-electron chi connectivity index (χ2n) is 2.90. The molecule has 0 atom stereocenters. The maximum Gasteiger partial charge on any atom is 0.141 e. The summed E-state index contributed by atoms with van der Waals surface area (Å²) < 4.78 is 6.95. The molecule has 2 aromatic rings. The van der Waals surface area contributed by atoms with E-state index in [0.717, 1.165) is 5.69 Å². The maximum absolute atomic E-state index is 5.78. The third-order valence-electron chi connectivity index (χ3n) is 2.02. The zero-order chi connectivity index (χ0) is 9.97. The van der Waals surface area contributed by atoms with Crippen LogP contribution in [0.4, 0.5) is 5.69 Å². The number of aromatic nitrogens is 2. The number of nitrogens with zero attached hydrogens (tertiary/aromatic N) is 2. The molecule has 0 spiro atoms. The van der Waals surface area contributed by atoms with E-state index in [4.69, 9.17) is 10.5 Å². The molecule has 72 valence electrons. The zero-order valence-electron chi connectivity index (χ0n) is 7.84. The Labute approximate surface area is 81.9 Å². The fraction of sp³-hybridized carbons (Fsp3) is 0.100. The average Bonchev–Trinajstić information content (AvgIpc) is 2.70. The number of hydrogen-bond donors (Lipinski definition) is 1. The van der Waals surface area contributed by atoms with Crippen LogP contribution in [0.2, 0.25) is 0 Å². The number of benzene rings is 1. The standard InChI is InChI=1S/C10H11N3O/c1-14-10-3-2-8(6-9(10)11)13-5-4-12-7-13/h2-7H,11H2,1H3. The molecule has 2 N–H and O–H groups in total. The van der Waals surface area contributed by atoms with Gasteiger partial charge in [-0.15, -0.1) is 0 Å². The largest absolute Gasteiger partial charge is 0.495 e. The molecule has 0 saturated carbocycles. The number of anilines is 1. The first-order valence-electron chi connectivity index (χ1n) is 4.23. The van der Waals surface area contributed by atoms with Crippen molar-refractivity contribution in [2.75, 3.05) is 12.8 Å². The molecule has 4 nitrogen and oxygen atoms in total. The SMILES string of the molecule is COc1ccc(-n2ccnc2)cc1N. The molecule has 0 saturated heterocycles. The van der Waals surface area contributed by atoms with Crippen molar-refractivity contribution in [2.24, 2.45) is 0 Å². The molecule has 1 aromatic heterocycles. The molecule has 0 amide bonds. The Morgan fingerprint density at radius 2 is 2.29 bits per heavy atom. The van der Waals surface area contributed by atoms with Crippen molar-refractivity contribution >= 4 is 5.69 Å². The van der Waals surface area contributed by atoms with Gasteiger partial charge >= 0.3 is 0 Å². The second-order valence-corrected chi connectivity index (χ2v) is 2.90. The van der Waals surface area contributed by atoms with Crippen molar-refractivity contribution < 1.29 is 4.74 Å². The molecular formula is C10H11N3O. The smallest absolute Gasteiger partial charge is 0.141 e. The quantitative estimate of drug-likeness (QED) is 0.728. The van der Waals surface area contributed by atoms with Crippen LogP contribution >= 0.6 is 0 Å². The first-order valence-corrected chi connectivity index (χ1v) is 4.23. The number of nitrogens with two attached hydrogens (primary N) is 1. The Morgan fingerprint density at radius 1 is 1.43 bits per heavy atom. The summed E-state index contributed by atoms with van der Waals surface area (Å²) in [5.74, 6) is 0.689. The van der Waals surface area contributed by atoms with Gasteiger partial charge in [-0.25, -0.2) is 4.98 Å². The lowest BCUT2D eigenvalue weighted by Crippen LogP contribution is -1.95. The summed E-state index contributed by atoms with van der Waals surface area (Å²) in [7, 11) is 1.60. The van der Waals surface area contributed by atoms with Crippen LogP contribution in [-0.4, -0.2) is 16.7 Å². The van der Waals surface area contributed by atoms with E-state index in [1.807, 2.05) is 29.0 Å². The molecular weight excluding hydrogens is 178 g/mol. The molecule has 1 heterocycles. The Balaban J connectivity index is 2.43. The topological polar surface area (TPSA) is 53.1 Å². The van der Waals surface area contributed by atoms with Crippen LogP contribution in [0.1, 0.15) is 0 Å². The Bertz CT molecular complexity index is 423. The predicted octanol–water partition coefficient (Wildman–Crippen LogP) is 1.46. The lowest BCUT2D eigenvalue weighted by molar-refractivity contribution is 0.417. The van der Waals surface area contributed by atoms with Gasteiger partial charge in [-0.05, 0) is 18.2 Å². The number of nitrogen functional groups attached to an aromatic ring is 1. The van der Waals surface area contributed by atoms with E-state index < -0.39 is 0 Å². The predicted molar refractivity (Wildman–Crippen MR) is 54.5 cm³/mol. The first-order chi connectivity index (χ1) is 6.81. The van der Waals surface area contributed by atoms with Crippen molar-refractivity contribution in [3.05, 3.63) is 36.9 Å². The van der Waals surface area contributed by atoms with Crippen LogP contribution in [0.15, 0.2) is 36.9 Å². The minimum Gasteiger partial charge on any atom is -0.495 e. The van der Waals surface area contributed by atoms with Crippen LogP contribution in [0.5, 0.6) is 5.75 Å². The molecule has 0 aliphatic heterocycles. The molecule has 1 aromatic carbocycles. The highest BCUT2D eigenvalue weighted by Gasteiger charge is 2.01. The van der Waals surface area contributed by atoms with Gasteiger partial charge in [0.25, 0.3) is 0 Å². The van der Waals surface area contributed by atoms with Crippen molar-refractivity contribution in [1.29, 1.82) is 0 Å². The van der Waals surface area contributed by atoms with E-state index >= 15 is 0 Å². The van der Waals surface area contributed by atoms with Crippen LogP contribution in [0.3, 0.4) is 0 Å². The van der Waals surface area contributed by atoms with E-state index in [9.17, 15) is 0 Å². The summed E-state index contributed by atoms with van der Waals surface area (Å²) in [4.78, 5) is 3.96. The number of rotatable bonds is 2. The second kappa shape index (κ2) is 3.41. The number of hydrogen-bond acceptors (Lipinski definition) is 3. The lowest BCUT2D eigenvalue weighted by atomic mass is 10.2. The van der Waals surface area contributed by atoms with Gasteiger partial charge in [0.1, 0.15) is 5.75 Å². The minimum atomic E-state index is 0.624. The van der Waals surface area contributed by atoms with Gasteiger partial charge < -0.3 is 15.0 Å². The van der Waals surface area contributed by atoms with Gasteiger partial charge in [0, 0.05) is 18.1 Å². The monoisotopic (exact) mass is 189 g/mol. The third-order valence-corrected chi connectivity index (χ3v) is 2.02.